The number of hydrogen-bond donors (Lipinski definition) is 3. The number of pyridine rings is 1. The van der Waals surface area contributed by atoms with Crippen molar-refractivity contribution in [2.75, 3.05) is 37.4 Å². The lowest BCUT2D eigenvalue weighted by Crippen LogP contribution is -2.44. The standard InChI is InChI=1S/C29H30F4N6O2.ClH/c1-17-8-9-20-21(5-3-7-23(20)37-16-25(40-2)29(31,32)33)26(17)41-27-22(6-4-11-35-27)24-10-12-36-28(39-24)38-19-13-18(30)14-34-15-19;/h3-12,18-19,25,34,37H,13-16H2,1-2H3,(H,36,38,39);1H/t18-,19-,25+;/m1./s1. The second-order valence-electron chi connectivity index (χ2n) is 9.82. The van der Waals surface area contributed by atoms with Crippen molar-refractivity contribution in [3.63, 3.8) is 0 Å². The number of aryl methyl sites for hydroxylation is 1. The van der Waals surface area contributed by atoms with Crippen LogP contribution in [0.3, 0.4) is 0 Å². The van der Waals surface area contributed by atoms with Crippen LogP contribution in [0.2, 0.25) is 0 Å². The average Bonchev–Trinajstić information content (AvgIpc) is 2.94. The first kappa shape index (κ1) is 31.2. The van der Waals surface area contributed by atoms with Gasteiger partial charge in [-0.1, -0.05) is 24.3 Å². The van der Waals surface area contributed by atoms with E-state index in [-0.39, 0.29) is 18.4 Å². The Morgan fingerprint density at radius 1 is 1.02 bits per heavy atom. The Kier molecular flexibility index (Phi) is 10.0. The van der Waals surface area contributed by atoms with E-state index in [1.54, 1.807) is 36.7 Å². The highest BCUT2D eigenvalue weighted by atomic mass is 35.5. The van der Waals surface area contributed by atoms with Crippen molar-refractivity contribution in [3.05, 3.63) is 66.5 Å². The van der Waals surface area contributed by atoms with Crippen molar-refractivity contribution in [2.45, 2.75) is 37.8 Å². The van der Waals surface area contributed by atoms with E-state index in [0.29, 0.717) is 64.8 Å². The first-order valence-electron chi connectivity index (χ1n) is 13.2. The van der Waals surface area contributed by atoms with Crippen LogP contribution in [0.5, 0.6) is 11.6 Å². The normalized spacial score (nSPS) is 17.8. The van der Waals surface area contributed by atoms with Gasteiger partial charge in [-0.25, -0.2) is 19.3 Å². The molecule has 0 saturated carbocycles. The number of anilines is 2. The Hall–Kier alpha value is -3.74. The molecule has 5 rings (SSSR count). The third-order valence-electron chi connectivity index (χ3n) is 6.87. The maximum absolute atomic E-state index is 13.8. The second kappa shape index (κ2) is 13.5. The molecule has 1 saturated heterocycles. The number of nitrogens with one attached hydrogen (secondary N) is 3. The summed E-state index contributed by atoms with van der Waals surface area (Å²) in [5.74, 6) is 1.18. The molecule has 224 valence electrons. The largest absolute Gasteiger partial charge is 0.437 e. The summed E-state index contributed by atoms with van der Waals surface area (Å²) in [5, 5.41) is 10.5. The molecule has 0 spiro atoms. The van der Waals surface area contributed by atoms with Gasteiger partial charge in [0.05, 0.1) is 17.8 Å². The molecular formula is C29H31ClF4N6O2. The van der Waals surface area contributed by atoms with Gasteiger partial charge in [-0.05, 0) is 36.8 Å². The number of nitrogens with zero attached hydrogens (tertiary/aromatic N) is 3. The van der Waals surface area contributed by atoms with Crippen LogP contribution in [-0.2, 0) is 4.74 Å². The molecule has 42 heavy (non-hydrogen) atoms. The summed E-state index contributed by atoms with van der Waals surface area (Å²) in [6.45, 7) is 2.38. The number of hydrogen-bond acceptors (Lipinski definition) is 8. The number of piperidine rings is 1. The number of benzene rings is 2. The molecule has 0 amide bonds. The molecule has 3 heterocycles. The monoisotopic (exact) mass is 606 g/mol. The highest BCUT2D eigenvalue weighted by molar-refractivity contribution is 5.98. The van der Waals surface area contributed by atoms with Gasteiger partial charge in [0, 0.05) is 61.5 Å². The molecule has 3 N–H and O–H groups in total. The zero-order valence-electron chi connectivity index (χ0n) is 22.9. The molecule has 0 aliphatic carbocycles. The number of alkyl halides is 4. The van der Waals surface area contributed by atoms with Crippen LogP contribution in [0, 0.1) is 6.92 Å². The molecule has 2 aromatic heterocycles. The van der Waals surface area contributed by atoms with E-state index in [0.717, 1.165) is 12.7 Å². The highest BCUT2D eigenvalue weighted by Gasteiger charge is 2.39. The first-order valence-corrected chi connectivity index (χ1v) is 13.2. The van der Waals surface area contributed by atoms with Crippen LogP contribution in [0.15, 0.2) is 60.9 Å². The van der Waals surface area contributed by atoms with Gasteiger partial charge in [0.25, 0.3) is 0 Å². The summed E-state index contributed by atoms with van der Waals surface area (Å²) in [4.78, 5) is 13.4. The van der Waals surface area contributed by atoms with Crippen molar-refractivity contribution in [3.8, 4) is 22.9 Å². The number of fused-ring (bicyclic) bond motifs is 1. The third kappa shape index (κ3) is 7.18. The lowest BCUT2D eigenvalue weighted by molar-refractivity contribution is -0.207. The molecule has 1 aliphatic rings. The number of halogens is 5. The van der Waals surface area contributed by atoms with E-state index in [2.05, 4.69) is 35.6 Å². The third-order valence-corrected chi connectivity index (χ3v) is 6.87. The van der Waals surface area contributed by atoms with Gasteiger partial charge in [0.1, 0.15) is 11.9 Å². The molecule has 0 bridgehead atoms. The van der Waals surface area contributed by atoms with E-state index >= 15 is 0 Å². The smallest absolute Gasteiger partial charge is 0.416 e. The molecule has 2 aromatic carbocycles. The molecule has 0 unspecified atom stereocenters. The molecule has 1 fully saturated rings. The van der Waals surface area contributed by atoms with Crippen molar-refractivity contribution in [2.24, 2.45) is 0 Å². The Labute approximate surface area is 246 Å². The van der Waals surface area contributed by atoms with Gasteiger partial charge in [0.2, 0.25) is 11.8 Å². The van der Waals surface area contributed by atoms with Crippen molar-refractivity contribution >= 4 is 34.8 Å². The topological polar surface area (TPSA) is 93.2 Å². The minimum Gasteiger partial charge on any atom is -0.437 e. The van der Waals surface area contributed by atoms with Crippen LogP contribution >= 0.6 is 12.4 Å². The lowest BCUT2D eigenvalue weighted by Gasteiger charge is -2.26. The van der Waals surface area contributed by atoms with E-state index in [1.807, 2.05) is 31.2 Å². The summed E-state index contributed by atoms with van der Waals surface area (Å²) in [6.07, 6.45) is -3.81. The SMILES string of the molecule is CO[C@@H](CNc1cccc2c(Oc3ncccc3-c3ccnc(N[C@H]4CNC[C@H](F)C4)n3)c(C)ccc12)C(F)(F)F.Cl. The minimum atomic E-state index is -4.49. The number of ether oxygens (including phenoxy) is 2. The fourth-order valence-electron chi connectivity index (χ4n) is 4.79. The Balaban J connectivity index is 0.00000405. The average molecular weight is 607 g/mol. The van der Waals surface area contributed by atoms with Crippen LogP contribution in [-0.4, -0.2) is 66.2 Å². The van der Waals surface area contributed by atoms with E-state index in [9.17, 15) is 17.6 Å². The Bertz CT molecular complexity index is 1510. The molecule has 1 aliphatic heterocycles. The molecule has 0 radical (unpaired) electrons. The Morgan fingerprint density at radius 2 is 1.86 bits per heavy atom. The van der Waals surface area contributed by atoms with Crippen molar-refractivity contribution in [1.82, 2.24) is 20.3 Å². The van der Waals surface area contributed by atoms with Crippen LogP contribution in [0.25, 0.3) is 22.0 Å². The predicted octanol–water partition coefficient (Wildman–Crippen LogP) is 6.32. The highest BCUT2D eigenvalue weighted by Crippen LogP contribution is 2.38. The summed E-state index contributed by atoms with van der Waals surface area (Å²) in [5.41, 5.74) is 2.50. The minimum absolute atomic E-state index is 0. The van der Waals surface area contributed by atoms with Gasteiger partial charge in [-0.2, -0.15) is 13.2 Å². The summed E-state index contributed by atoms with van der Waals surface area (Å²) in [7, 11) is 1.03. The zero-order chi connectivity index (χ0) is 29.0. The summed E-state index contributed by atoms with van der Waals surface area (Å²) in [6, 6.07) is 14.1. The van der Waals surface area contributed by atoms with Gasteiger partial charge in [0.15, 0.2) is 6.10 Å². The summed E-state index contributed by atoms with van der Waals surface area (Å²) < 4.78 is 64.5. The lowest BCUT2D eigenvalue weighted by atomic mass is 10.0. The number of rotatable bonds is 9. The second-order valence-corrected chi connectivity index (χ2v) is 9.82. The number of methoxy groups -OCH3 is 1. The number of aromatic nitrogens is 3. The predicted molar refractivity (Wildman–Crippen MR) is 156 cm³/mol. The van der Waals surface area contributed by atoms with Gasteiger partial charge in [-0.15, -0.1) is 12.4 Å². The van der Waals surface area contributed by atoms with Gasteiger partial charge >= 0.3 is 6.18 Å². The van der Waals surface area contributed by atoms with E-state index < -0.39 is 25.0 Å². The maximum atomic E-state index is 13.8. The summed E-state index contributed by atoms with van der Waals surface area (Å²) >= 11 is 0. The van der Waals surface area contributed by atoms with Crippen molar-refractivity contribution in [1.29, 1.82) is 0 Å². The van der Waals surface area contributed by atoms with Gasteiger partial charge < -0.3 is 25.4 Å². The fourth-order valence-corrected chi connectivity index (χ4v) is 4.79. The molecule has 8 nitrogen and oxygen atoms in total. The first-order chi connectivity index (χ1) is 19.7. The van der Waals surface area contributed by atoms with Crippen LogP contribution in [0.1, 0.15) is 12.0 Å². The van der Waals surface area contributed by atoms with E-state index in [1.165, 1.54) is 0 Å². The molecular weight excluding hydrogens is 576 g/mol. The zero-order valence-corrected chi connectivity index (χ0v) is 23.7. The maximum Gasteiger partial charge on any atom is 0.416 e. The quantitative estimate of drug-likeness (QED) is 0.191. The van der Waals surface area contributed by atoms with Crippen LogP contribution in [0.4, 0.5) is 29.2 Å². The van der Waals surface area contributed by atoms with E-state index in [4.69, 9.17) is 4.74 Å². The van der Waals surface area contributed by atoms with Gasteiger partial charge in [-0.3, -0.25) is 0 Å². The van der Waals surface area contributed by atoms with Crippen molar-refractivity contribution < 1.29 is 27.0 Å². The van der Waals surface area contributed by atoms with Crippen LogP contribution < -0.4 is 20.7 Å². The molecule has 3 atom stereocenters. The fraction of sp³-hybridized carbons (Fsp3) is 0.345. The molecule has 13 heteroatoms. The Morgan fingerprint density at radius 3 is 2.62 bits per heavy atom. The molecule has 4 aromatic rings.